The number of carbonyl (C=O) groups excluding carboxylic acids is 3. The van der Waals surface area contributed by atoms with Crippen molar-refractivity contribution in [2.45, 2.75) is 13.0 Å². The Morgan fingerprint density at radius 3 is 2.43 bits per heavy atom. The zero-order chi connectivity index (χ0) is 21.1. The molecular weight excluding hydrogens is 404 g/mol. The first-order chi connectivity index (χ1) is 14.5. The largest absolute Gasteiger partial charge is 0.486 e. The Morgan fingerprint density at radius 2 is 1.73 bits per heavy atom. The zero-order valence-electron chi connectivity index (χ0n) is 16.6. The molecule has 0 unspecified atom stereocenters. The molecule has 2 aliphatic heterocycles. The van der Waals surface area contributed by atoms with Crippen LogP contribution in [0.5, 0.6) is 11.5 Å². The summed E-state index contributed by atoms with van der Waals surface area (Å²) in [6, 6.07) is 12.3. The summed E-state index contributed by atoms with van der Waals surface area (Å²) in [4.78, 5) is 38.2. The van der Waals surface area contributed by atoms with E-state index in [-0.39, 0.29) is 36.1 Å². The van der Waals surface area contributed by atoms with Crippen LogP contribution in [0, 0.1) is 0 Å². The molecule has 4 rings (SSSR count). The van der Waals surface area contributed by atoms with E-state index in [0.29, 0.717) is 41.6 Å². The van der Waals surface area contributed by atoms with E-state index < -0.39 is 0 Å². The molecule has 0 aromatic heterocycles. The Balaban J connectivity index is 1.23. The number of rotatable bonds is 7. The van der Waals surface area contributed by atoms with Gasteiger partial charge in [0.15, 0.2) is 11.5 Å². The SMILES string of the molecule is C[C@@H](NC(=O)CSCCN1C(=O)c2ccccc2C1=O)c1ccc2c(c1)OCCO2. The van der Waals surface area contributed by atoms with Gasteiger partial charge in [-0.3, -0.25) is 19.3 Å². The standard InChI is InChI=1S/C22H22N2O5S/c1-14(15-6-7-18-19(12-15)29-10-9-28-18)23-20(25)13-30-11-8-24-21(26)16-4-2-3-5-17(16)22(24)27/h2-7,12,14H,8-11,13H2,1H3,(H,23,25)/t14-/m1/s1. The van der Waals surface area contributed by atoms with Gasteiger partial charge in [-0.25, -0.2) is 0 Å². The molecule has 156 valence electrons. The number of ether oxygens (including phenoxy) is 2. The van der Waals surface area contributed by atoms with Gasteiger partial charge in [-0.1, -0.05) is 18.2 Å². The quantitative estimate of drug-likeness (QED) is 0.541. The molecule has 0 aliphatic carbocycles. The van der Waals surface area contributed by atoms with Crippen molar-refractivity contribution in [2.75, 3.05) is 31.3 Å². The second kappa shape index (κ2) is 8.79. The van der Waals surface area contributed by atoms with Gasteiger partial charge in [-0.05, 0) is 36.8 Å². The molecule has 7 nitrogen and oxygen atoms in total. The van der Waals surface area contributed by atoms with Gasteiger partial charge in [0.05, 0.1) is 22.9 Å². The Hall–Kier alpha value is -3.00. The van der Waals surface area contributed by atoms with Crippen molar-refractivity contribution in [2.24, 2.45) is 0 Å². The molecule has 3 amide bonds. The van der Waals surface area contributed by atoms with E-state index in [1.165, 1.54) is 16.7 Å². The number of imide groups is 1. The van der Waals surface area contributed by atoms with Crippen LogP contribution in [0.2, 0.25) is 0 Å². The smallest absolute Gasteiger partial charge is 0.261 e. The lowest BCUT2D eigenvalue weighted by molar-refractivity contribution is -0.119. The average molecular weight is 426 g/mol. The third-order valence-electron chi connectivity index (χ3n) is 5.01. The predicted octanol–water partition coefficient (Wildman–Crippen LogP) is 2.66. The van der Waals surface area contributed by atoms with E-state index in [1.54, 1.807) is 24.3 Å². The summed E-state index contributed by atoms with van der Waals surface area (Å²) in [6.45, 7) is 3.24. The Bertz CT molecular complexity index is 958. The highest BCUT2D eigenvalue weighted by atomic mass is 32.2. The fraction of sp³-hybridized carbons (Fsp3) is 0.318. The van der Waals surface area contributed by atoms with Crippen LogP contribution >= 0.6 is 11.8 Å². The molecule has 2 aliphatic rings. The van der Waals surface area contributed by atoms with E-state index >= 15 is 0 Å². The summed E-state index contributed by atoms with van der Waals surface area (Å²) in [5.74, 6) is 1.50. The van der Waals surface area contributed by atoms with Crippen molar-refractivity contribution in [1.82, 2.24) is 10.2 Å². The summed E-state index contributed by atoms with van der Waals surface area (Å²) in [6.07, 6.45) is 0. The number of thioether (sulfide) groups is 1. The molecular formula is C22H22N2O5S. The van der Waals surface area contributed by atoms with E-state index in [9.17, 15) is 14.4 Å². The van der Waals surface area contributed by atoms with Gasteiger partial charge in [0.25, 0.3) is 11.8 Å². The Morgan fingerprint density at radius 1 is 1.07 bits per heavy atom. The van der Waals surface area contributed by atoms with Crippen molar-refractivity contribution in [3.8, 4) is 11.5 Å². The number of hydrogen-bond acceptors (Lipinski definition) is 6. The van der Waals surface area contributed by atoms with Crippen LogP contribution in [0.4, 0.5) is 0 Å². The number of nitrogens with zero attached hydrogens (tertiary/aromatic N) is 1. The summed E-state index contributed by atoms with van der Waals surface area (Å²) >= 11 is 1.39. The first kappa shape index (κ1) is 20.3. The van der Waals surface area contributed by atoms with Crippen LogP contribution in [0.1, 0.15) is 39.2 Å². The molecule has 0 saturated heterocycles. The van der Waals surface area contributed by atoms with Gasteiger partial charge in [0.1, 0.15) is 13.2 Å². The van der Waals surface area contributed by atoms with Crippen molar-refractivity contribution in [1.29, 1.82) is 0 Å². The summed E-state index contributed by atoms with van der Waals surface area (Å²) in [7, 11) is 0. The number of amides is 3. The molecule has 2 aromatic carbocycles. The summed E-state index contributed by atoms with van der Waals surface area (Å²) in [5.41, 5.74) is 1.82. The van der Waals surface area contributed by atoms with Crippen LogP contribution in [0.25, 0.3) is 0 Å². The highest BCUT2D eigenvalue weighted by Crippen LogP contribution is 2.32. The lowest BCUT2D eigenvalue weighted by Gasteiger charge is -2.21. The molecule has 2 heterocycles. The van der Waals surface area contributed by atoms with Crippen LogP contribution in [-0.2, 0) is 4.79 Å². The van der Waals surface area contributed by atoms with Crippen molar-refractivity contribution >= 4 is 29.5 Å². The van der Waals surface area contributed by atoms with Crippen LogP contribution in [-0.4, -0.2) is 53.9 Å². The minimum Gasteiger partial charge on any atom is -0.486 e. The number of nitrogens with one attached hydrogen (secondary N) is 1. The Labute approximate surface area is 178 Å². The van der Waals surface area contributed by atoms with Gasteiger partial charge >= 0.3 is 0 Å². The number of hydrogen-bond donors (Lipinski definition) is 1. The molecule has 8 heteroatoms. The lowest BCUT2D eigenvalue weighted by Crippen LogP contribution is -2.32. The average Bonchev–Trinajstić information content (AvgIpc) is 3.01. The van der Waals surface area contributed by atoms with Gasteiger partial charge in [0, 0.05) is 12.3 Å². The minimum atomic E-state index is -0.270. The zero-order valence-corrected chi connectivity index (χ0v) is 17.4. The van der Waals surface area contributed by atoms with Gasteiger partial charge < -0.3 is 14.8 Å². The third-order valence-corrected chi connectivity index (χ3v) is 5.95. The minimum absolute atomic E-state index is 0.107. The van der Waals surface area contributed by atoms with Crippen LogP contribution < -0.4 is 14.8 Å². The van der Waals surface area contributed by atoms with E-state index in [4.69, 9.17) is 9.47 Å². The van der Waals surface area contributed by atoms with Crippen LogP contribution in [0.15, 0.2) is 42.5 Å². The maximum atomic E-state index is 12.3. The molecule has 2 aromatic rings. The predicted molar refractivity (Wildman–Crippen MR) is 113 cm³/mol. The van der Waals surface area contributed by atoms with Crippen molar-refractivity contribution in [3.63, 3.8) is 0 Å². The van der Waals surface area contributed by atoms with E-state index in [1.807, 2.05) is 25.1 Å². The highest BCUT2D eigenvalue weighted by molar-refractivity contribution is 7.99. The van der Waals surface area contributed by atoms with Gasteiger partial charge in [-0.15, -0.1) is 0 Å². The first-order valence-corrected chi connectivity index (χ1v) is 10.9. The molecule has 0 saturated carbocycles. The molecule has 1 N–H and O–H groups in total. The molecule has 30 heavy (non-hydrogen) atoms. The van der Waals surface area contributed by atoms with Gasteiger partial charge in [0.2, 0.25) is 5.91 Å². The molecule has 0 bridgehead atoms. The van der Waals surface area contributed by atoms with Gasteiger partial charge in [-0.2, -0.15) is 11.8 Å². The highest BCUT2D eigenvalue weighted by Gasteiger charge is 2.34. The Kier molecular flexibility index (Phi) is 5.94. The van der Waals surface area contributed by atoms with E-state index in [2.05, 4.69) is 5.32 Å². The normalized spacial score (nSPS) is 15.7. The van der Waals surface area contributed by atoms with Crippen molar-refractivity contribution < 1.29 is 23.9 Å². The number of benzene rings is 2. The fourth-order valence-corrected chi connectivity index (χ4v) is 4.18. The second-order valence-corrected chi connectivity index (χ2v) is 8.16. The molecule has 0 spiro atoms. The first-order valence-electron chi connectivity index (χ1n) is 9.76. The number of carbonyl (C=O) groups is 3. The van der Waals surface area contributed by atoms with Crippen LogP contribution in [0.3, 0.4) is 0 Å². The maximum Gasteiger partial charge on any atom is 0.261 e. The molecule has 0 radical (unpaired) electrons. The lowest BCUT2D eigenvalue weighted by atomic mass is 10.1. The summed E-state index contributed by atoms with van der Waals surface area (Å²) in [5, 5.41) is 2.96. The third kappa shape index (κ3) is 4.14. The van der Waals surface area contributed by atoms with Crippen molar-refractivity contribution in [3.05, 3.63) is 59.2 Å². The monoisotopic (exact) mass is 426 g/mol. The topological polar surface area (TPSA) is 84.9 Å². The fourth-order valence-electron chi connectivity index (χ4n) is 3.46. The molecule has 0 fully saturated rings. The maximum absolute atomic E-state index is 12.3. The summed E-state index contributed by atoms with van der Waals surface area (Å²) < 4.78 is 11.1. The molecule has 1 atom stereocenters. The second-order valence-electron chi connectivity index (χ2n) is 7.05. The van der Waals surface area contributed by atoms with E-state index in [0.717, 1.165) is 5.56 Å². The number of fused-ring (bicyclic) bond motifs is 2.